The first kappa shape index (κ1) is 20.4. The highest BCUT2D eigenvalue weighted by Crippen LogP contribution is 2.52. The van der Waals surface area contributed by atoms with Gasteiger partial charge in [0, 0.05) is 37.9 Å². The van der Waals surface area contributed by atoms with Gasteiger partial charge in [-0.3, -0.25) is 4.90 Å². The largest absolute Gasteiger partial charge is 1.00 e. The predicted molar refractivity (Wildman–Crippen MR) is 100 cm³/mol. The number of hydrogen-bond acceptors (Lipinski definition) is 2. The summed E-state index contributed by atoms with van der Waals surface area (Å²) in [5.74, 6) is 3.89. The molecule has 2 saturated heterocycles. The van der Waals surface area contributed by atoms with Gasteiger partial charge in [-0.05, 0) is 23.2 Å². The molecule has 0 aromatic carbocycles. The van der Waals surface area contributed by atoms with Gasteiger partial charge in [0.05, 0.1) is 39.9 Å². The van der Waals surface area contributed by atoms with Crippen molar-refractivity contribution < 1.29 is 33.2 Å². The summed E-state index contributed by atoms with van der Waals surface area (Å²) in [6.45, 7) is 9.70. The zero-order valence-electron chi connectivity index (χ0n) is 14.6. The maximum absolute atomic E-state index is 5.43. The Labute approximate surface area is 172 Å². The van der Waals surface area contributed by atoms with Gasteiger partial charge in [-0.2, -0.15) is 0 Å². The molecule has 2 aliphatic carbocycles. The average molecular weight is 546 g/mol. The molecule has 0 N–H and O–H groups in total. The van der Waals surface area contributed by atoms with Crippen LogP contribution in [0.5, 0.6) is 0 Å². The molecule has 3 fully saturated rings. The van der Waals surface area contributed by atoms with Crippen LogP contribution in [-0.4, -0.2) is 73.8 Å². The second-order valence-corrected chi connectivity index (χ2v) is 7.79. The number of alkyl halides is 1. The monoisotopic (exact) mass is 546 g/mol. The lowest BCUT2D eigenvalue weighted by Gasteiger charge is -2.33. The summed E-state index contributed by atoms with van der Waals surface area (Å²) in [5.41, 5.74) is 0. The van der Waals surface area contributed by atoms with Gasteiger partial charge in [-0.25, -0.2) is 0 Å². The summed E-state index contributed by atoms with van der Waals surface area (Å²) in [4.78, 5) is 4.55. The minimum Gasteiger partial charge on any atom is -1.00 e. The molecule has 4 aliphatic rings. The molecular weight excluding hydrogens is 514 g/mol. The van der Waals surface area contributed by atoms with Gasteiger partial charge in [0.25, 0.3) is 0 Å². The molecule has 4 rings (SSSR count). The summed E-state index contributed by atoms with van der Waals surface area (Å²) in [6.07, 6.45) is 7.88. The molecule has 5 heteroatoms. The van der Waals surface area contributed by atoms with Crippen LogP contribution in [0.25, 0.3) is 0 Å². The van der Waals surface area contributed by atoms with Crippen LogP contribution in [0.1, 0.15) is 12.8 Å². The molecule has 2 heterocycles. The Morgan fingerprint density at radius 1 is 1.09 bits per heavy atom. The van der Waals surface area contributed by atoms with Gasteiger partial charge < -0.3 is 33.2 Å². The lowest BCUT2D eigenvalue weighted by atomic mass is 9.86. The van der Waals surface area contributed by atoms with Gasteiger partial charge in [0.15, 0.2) is 0 Å². The zero-order valence-corrected chi connectivity index (χ0v) is 18.9. The van der Waals surface area contributed by atoms with Gasteiger partial charge >= 0.3 is 0 Å². The molecule has 2 aliphatic heterocycles. The molecule has 134 valence electrons. The fraction of sp³-hybridized carbons (Fsp3) is 0.889. The van der Waals surface area contributed by atoms with Gasteiger partial charge in [0.2, 0.25) is 0 Å². The maximum atomic E-state index is 5.43. The van der Waals surface area contributed by atoms with Crippen molar-refractivity contribution in [3.05, 3.63) is 12.2 Å². The molecule has 3 nitrogen and oxygen atoms in total. The van der Waals surface area contributed by atoms with E-state index in [1.165, 1.54) is 43.5 Å². The third-order valence-corrected chi connectivity index (χ3v) is 6.38. The predicted octanol–water partition coefficient (Wildman–Crippen LogP) is -0.338. The van der Waals surface area contributed by atoms with Crippen molar-refractivity contribution in [2.75, 3.05) is 64.5 Å². The van der Waals surface area contributed by atoms with Crippen molar-refractivity contribution in [1.29, 1.82) is 0 Å². The Balaban J connectivity index is 0.000000617. The third-order valence-electron chi connectivity index (χ3n) is 6.38. The Bertz CT molecular complexity index is 378. The summed E-state index contributed by atoms with van der Waals surface area (Å²) >= 11 is 2.15. The first-order valence-corrected chi connectivity index (χ1v) is 11.1. The van der Waals surface area contributed by atoms with E-state index in [-0.39, 0.29) is 24.0 Å². The normalized spacial score (nSPS) is 41.2. The van der Waals surface area contributed by atoms with E-state index in [1.54, 1.807) is 0 Å². The van der Waals surface area contributed by atoms with E-state index < -0.39 is 0 Å². The quantitative estimate of drug-likeness (QED) is 0.207. The summed E-state index contributed by atoms with van der Waals surface area (Å²) < 4.78 is 6.77. The zero-order chi connectivity index (χ0) is 15.6. The average Bonchev–Trinajstić information content (AvgIpc) is 3.22. The number of morpholine rings is 1. The molecule has 4 unspecified atom stereocenters. The van der Waals surface area contributed by atoms with Crippen molar-refractivity contribution in [2.45, 2.75) is 12.8 Å². The second kappa shape index (κ2) is 9.14. The van der Waals surface area contributed by atoms with Crippen molar-refractivity contribution in [3.63, 3.8) is 0 Å². The van der Waals surface area contributed by atoms with Gasteiger partial charge in [0.1, 0.15) is 0 Å². The fourth-order valence-electron chi connectivity index (χ4n) is 5.34. The molecule has 0 radical (unpaired) electrons. The van der Waals surface area contributed by atoms with Crippen molar-refractivity contribution in [3.8, 4) is 0 Å². The number of fused-ring (bicyclic) bond motifs is 5. The van der Waals surface area contributed by atoms with Crippen LogP contribution >= 0.6 is 22.6 Å². The molecule has 1 saturated carbocycles. The van der Waals surface area contributed by atoms with Crippen molar-refractivity contribution >= 4 is 22.6 Å². The van der Waals surface area contributed by atoms with Crippen molar-refractivity contribution in [1.82, 2.24) is 4.90 Å². The van der Waals surface area contributed by atoms with Crippen LogP contribution in [0.2, 0.25) is 0 Å². The Morgan fingerprint density at radius 3 is 2.22 bits per heavy atom. The minimum atomic E-state index is 0. The Kier molecular flexibility index (Phi) is 8.11. The van der Waals surface area contributed by atoms with E-state index in [9.17, 15) is 0 Å². The van der Waals surface area contributed by atoms with Crippen LogP contribution in [0.3, 0.4) is 0 Å². The number of rotatable bonds is 4. The van der Waals surface area contributed by atoms with Crippen LogP contribution < -0.4 is 24.0 Å². The number of nitrogens with zero attached hydrogens (tertiary/aromatic N) is 2. The number of halogens is 2. The molecule has 0 spiro atoms. The molecule has 4 atom stereocenters. The first-order chi connectivity index (χ1) is 10.7. The van der Waals surface area contributed by atoms with Crippen LogP contribution in [0.4, 0.5) is 0 Å². The summed E-state index contributed by atoms with van der Waals surface area (Å²) in [5, 5.41) is 0. The first-order valence-electron chi connectivity index (χ1n) is 8.93. The van der Waals surface area contributed by atoms with E-state index in [2.05, 4.69) is 46.7 Å². The van der Waals surface area contributed by atoms with Crippen LogP contribution in [0.15, 0.2) is 12.2 Å². The Morgan fingerprint density at radius 2 is 1.65 bits per heavy atom. The number of hydrogen-bond donors (Lipinski definition) is 0. The van der Waals surface area contributed by atoms with E-state index in [0.717, 1.165) is 50.0 Å². The van der Waals surface area contributed by atoms with Gasteiger partial charge in [-0.1, -0.05) is 34.7 Å². The molecule has 0 amide bonds. The number of quaternary nitrogens is 1. The lowest BCUT2D eigenvalue weighted by molar-refractivity contribution is -0.901. The van der Waals surface area contributed by atoms with E-state index >= 15 is 0 Å². The number of likely N-dealkylation sites (tertiary alicyclic amines) is 1. The third kappa shape index (κ3) is 4.63. The molecule has 0 aromatic rings. The summed E-state index contributed by atoms with van der Waals surface area (Å²) in [7, 11) is 2.51. The molecule has 2 bridgehead atoms. The second-order valence-electron chi connectivity index (χ2n) is 7.79. The Hall–Kier alpha value is 1.08. The van der Waals surface area contributed by atoms with Gasteiger partial charge in [-0.15, -0.1) is 0 Å². The van der Waals surface area contributed by atoms with Crippen LogP contribution in [0, 0.1) is 23.7 Å². The highest BCUT2D eigenvalue weighted by molar-refractivity contribution is 14.1. The van der Waals surface area contributed by atoms with E-state index in [1.807, 2.05) is 4.93 Å². The highest BCUT2D eigenvalue weighted by atomic mass is 127. The smallest absolute Gasteiger partial charge is 0.0824 e. The topological polar surface area (TPSA) is 12.5 Å². The SMILES string of the molecule is CI.C[N+]1(CCCN2CCOCC2)CC2C3C=CC(C3)C2C1.[I-]. The molecular formula is C18H32I2N2O. The number of ether oxygens (including phenoxy) is 1. The van der Waals surface area contributed by atoms with E-state index in [4.69, 9.17) is 4.74 Å². The number of allylic oxidation sites excluding steroid dienone is 2. The molecule has 23 heavy (non-hydrogen) atoms. The summed E-state index contributed by atoms with van der Waals surface area (Å²) in [6, 6.07) is 0. The van der Waals surface area contributed by atoms with Crippen LogP contribution in [-0.2, 0) is 4.74 Å². The van der Waals surface area contributed by atoms with E-state index in [0.29, 0.717) is 0 Å². The highest BCUT2D eigenvalue weighted by Gasteiger charge is 2.54. The fourth-order valence-corrected chi connectivity index (χ4v) is 5.34. The standard InChI is InChI=1S/C17H29N2O.CH3I.HI/c1-19(8-2-5-18-6-9-20-10-7-18)12-16-14-3-4-15(11-14)17(16)13-19;1-2;/h3-4,14-17H,2,5-13H2,1H3;1H3;1H/q+1;;/p-1. The van der Waals surface area contributed by atoms with Crippen molar-refractivity contribution in [2.24, 2.45) is 23.7 Å². The lowest BCUT2D eigenvalue weighted by Crippen LogP contribution is -3.00. The maximum Gasteiger partial charge on any atom is 0.0824 e. The minimum absolute atomic E-state index is 0. The molecule has 0 aromatic heterocycles.